The summed E-state index contributed by atoms with van der Waals surface area (Å²) in [6, 6.07) is 12.7. The molecule has 0 atom stereocenters. The third kappa shape index (κ3) is 1.56. The van der Waals surface area contributed by atoms with Gasteiger partial charge in [-0.25, -0.2) is 0 Å². The molecule has 76 valence electrons. The molecular formula is C13H14N2. The molecule has 2 heteroatoms. The Bertz CT molecular complexity index is 467. The van der Waals surface area contributed by atoms with E-state index >= 15 is 0 Å². The van der Waals surface area contributed by atoms with Gasteiger partial charge >= 0.3 is 0 Å². The van der Waals surface area contributed by atoms with Crippen LogP contribution in [0, 0.1) is 0 Å². The molecule has 1 aliphatic rings. The van der Waals surface area contributed by atoms with E-state index in [4.69, 9.17) is 0 Å². The van der Waals surface area contributed by atoms with E-state index in [1.165, 1.54) is 29.8 Å². The molecule has 1 fully saturated rings. The molecule has 0 saturated heterocycles. The Morgan fingerprint density at radius 2 is 1.93 bits per heavy atom. The van der Waals surface area contributed by atoms with Crippen molar-refractivity contribution >= 4 is 0 Å². The predicted molar refractivity (Wildman–Crippen MR) is 60.6 cm³/mol. The maximum Gasteiger partial charge on any atom is 0.0681 e. The van der Waals surface area contributed by atoms with E-state index in [0.717, 1.165) is 5.92 Å². The lowest BCUT2D eigenvalue weighted by atomic mass is 10.1. The first-order valence-electron chi connectivity index (χ1n) is 5.44. The second-order valence-corrected chi connectivity index (χ2v) is 4.22. The van der Waals surface area contributed by atoms with Crippen molar-refractivity contribution in [2.24, 2.45) is 7.05 Å². The third-order valence-corrected chi connectivity index (χ3v) is 2.96. The standard InChI is InChI=1S/C13H14N2/c1-15-13(11-5-3-2-4-6-11)9-12(14-15)10-7-8-10/h2-6,9-10H,7-8H2,1H3. The fourth-order valence-corrected chi connectivity index (χ4v) is 1.95. The predicted octanol–water partition coefficient (Wildman–Crippen LogP) is 2.96. The van der Waals surface area contributed by atoms with Crippen molar-refractivity contribution in [3.63, 3.8) is 0 Å². The minimum atomic E-state index is 0.730. The van der Waals surface area contributed by atoms with Crippen molar-refractivity contribution in [3.05, 3.63) is 42.1 Å². The average molecular weight is 198 g/mol. The fraction of sp³-hybridized carbons (Fsp3) is 0.308. The van der Waals surface area contributed by atoms with Gasteiger partial charge in [-0.1, -0.05) is 30.3 Å². The van der Waals surface area contributed by atoms with Gasteiger partial charge in [0.1, 0.15) is 0 Å². The zero-order valence-corrected chi connectivity index (χ0v) is 8.85. The van der Waals surface area contributed by atoms with E-state index in [0.29, 0.717) is 0 Å². The summed E-state index contributed by atoms with van der Waals surface area (Å²) in [6.07, 6.45) is 2.62. The van der Waals surface area contributed by atoms with Crippen LogP contribution in [-0.2, 0) is 7.05 Å². The molecule has 15 heavy (non-hydrogen) atoms. The minimum absolute atomic E-state index is 0.730. The Hall–Kier alpha value is -1.57. The zero-order chi connectivity index (χ0) is 10.3. The number of rotatable bonds is 2. The van der Waals surface area contributed by atoms with Crippen molar-refractivity contribution < 1.29 is 0 Å². The van der Waals surface area contributed by atoms with Crippen LogP contribution in [0.2, 0.25) is 0 Å². The average Bonchev–Trinajstić information content (AvgIpc) is 3.04. The number of benzene rings is 1. The Labute approximate surface area is 89.5 Å². The first-order chi connectivity index (χ1) is 7.34. The number of hydrogen-bond donors (Lipinski definition) is 0. The van der Waals surface area contributed by atoms with Crippen molar-refractivity contribution in [3.8, 4) is 11.3 Å². The molecule has 0 amide bonds. The molecule has 2 aromatic rings. The molecule has 1 saturated carbocycles. The van der Waals surface area contributed by atoms with Crippen LogP contribution in [0.15, 0.2) is 36.4 Å². The van der Waals surface area contributed by atoms with E-state index < -0.39 is 0 Å². The van der Waals surface area contributed by atoms with Crippen LogP contribution in [0.1, 0.15) is 24.5 Å². The minimum Gasteiger partial charge on any atom is -0.268 e. The van der Waals surface area contributed by atoms with Crippen LogP contribution >= 0.6 is 0 Å². The Kier molecular flexibility index (Phi) is 1.88. The SMILES string of the molecule is Cn1nc(C2CC2)cc1-c1ccccc1. The van der Waals surface area contributed by atoms with Crippen LogP contribution in [0.4, 0.5) is 0 Å². The monoisotopic (exact) mass is 198 g/mol. The van der Waals surface area contributed by atoms with E-state index in [-0.39, 0.29) is 0 Å². The zero-order valence-electron chi connectivity index (χ0n) is 8.85. The highest BCUT2D eigenvalue weighted by molar-refractivity contribution is 5.60. The summed E-state index contributed by atoms with van der Waals surface area (Å²) in [4.78, 5) is 0. The van der Waals surface area contributed by atoms with Gasteiger partial charge in [-0.05, 0) is 24.5 Å². The molecule has 0 spiro atoms. The molecule has 0 unspecified atom stereocenters. The lowest BCUT2D eigenvalue weighted by Crippen LogP contribution is -1.93. The van der Waals surface area contributed by atoms with Gasteiger partial charge in [0, 0.05) is 13.0 Å². The number of aryl methyl sites for hydroxylation is 1. The summed E-state index contributed by atoms with van der Waals surface area (Å²) in [5.41, 5.74) is 3.73. The van der Waals surface area contributed by atoms with Gasteiger partial charge in [0.25, 0.3) is 0 Å². The van der Waals surface area contributed by atoms with Crippen molar-refractivity contribution in [2.45, 2.75) is 18.8 Å². The molecule has 1 aromatic carbocycles. The van der Waals surface area contributed by atoms with Crippen LogP contribution in [0.3, 0.4) is 0 Å². The molecule has 2 nitrogen and oxygen atoms in total. The highest BCUT2D eigenvalue weighted by atomic mass is 15.3. The normalized spacial score (nSPS) is 15.5. The number of nitrogens with zero attached hydrogens (tertiary/aromatic N) is 2. The van der Waals surface area contributed by atoms with Crippen molar-refractivity contribution in [2.75, 3.05) is 0 Å². The molecule has 0 bridgehead atoms. The Morgan fingerprint density at radius 3 is 2.60 bits per heavy atom. The summed E-state index contributed by atoms with van der Waals surface area (Å²) in [7, 11) is 2.02. The number of aromatic nitrogens is 2. The quantitative estimate of drug-likeness (QED) is 0.725. The molecule has 1 aliphatic carbocycles. The summed E-state index contributed by atoms with van der Waals surface area (Å²) >= 11 is 0. The van der Waals surface area contributed by atoms with Crippen molar-refractivity contribution in [1.82, 2.24) is 9.78 Å². The van der Waals surface area contributed by atoms with Gasteiger partial charge in [-0.3, -0.25) is 4.68 Å². The van der Waals surface area contributed by atoms with Crippen LogP contribution in [0.5, 0.6) is 0 Å². The second-order valence-electron chi connectivity index (χ2n) is 4.22. The first-order valence-corrected chi connectivity index (χ1v) is 5.44. The van der Waals surface area contributed by atoms with Crippen LogP contribution in [-0.4, -0.2) is 9.78 Å². The lowest BCUT2D eigenvalue weighted by Gasteiger charge is -1.99. The summed E-state index contributed by atoms with van der Waals surface area (Å²) in [5.74, 6) is 0.730. The topological polar surface area (TPSA) is 17.8 Å². The van der Waals surface area contributed by atoms with Gasteiger partial charge in [0.2, 0.25) is 0 Å². The highest BCUT2D eigenvalue weighted by Gasteiger charge is 2.26. The third-order valence-electron chi connectivity index (χ3n) is 2.96. The molecule has 0 radical (unpaired) electrons. The highest BCUT2D eigenvalue weighted by Crippen LogP contribution is 2.40. The van der Waals surface area contributed by atoms with E-state index in [2.05, 4.69) is 35.4 Å². The molecule has 1 aromatic heterocycles. The van der Waals surface area contributed by atoms with Gasteiger partial charge in [0.15, 0.2) is 0 Å². The van der Waals surface area contributed by atoms with Gasteiger partial charge < -0.3 is 0 Å². The molecular weight excluding hydrogens is 184 g/mol. The summed E-state index contributed by atoms with van der Waals surface area (Å²) < 4.78 is 1.99. The smallest absolute Gasteiger partial charge is 0.0681 e. The van der Waals surface area contributed by atoms with Gasteiger partial charge in [0.05, 0.1) is 11.4 Å². The van der Waals surface area contributed by atoms with Gasteiger partial charge in [-0.15, -0.1) is 0 Å². The molecule has 1 heterocycles. The molecule has 0 N–H and O–H groups in total. The van der Waals surface area contributed by atoms with Crippen LogP contribution in [0.25, 0.3) is 11.3 Å². The number of hydrogen-bond acceptors (Lipinski definition) is 1. The Morgan fingerprint density at radius 1 is 1.20 bits per heavy atom. The second kappa shape index (κ2) is 3.23. The van der Waals surface area contributed by atoms with E-state index in [9.17, 15) is 0 Å². The fourth-order valence-electron chi connectivity index (χ4n) is 1.95. The molecule has 0 aliphatic heterocycles. The first kappa shape index (κ1) is 8.72. The van der Waals surface area contributed by atoms with Crippen LogP contribution < -0.4 is 0 Å². The van der Waals surface area contributed by atoms with E-state index in [1.54, 1.807) is 0 Å². The lowest BCUT2D eigenvalue weighted by molar-refractivity contribution is 0.750. The Balaban J connectivity index is 2.04. The largest absolute Gasteiger partial charge is 0.268 e. The summed E-state index contributed by atoms with van der Waals surface area (Å²) in [5, 5.41) is 4.57. The molecule has 3 rings (SSSR count). The van der Waals surface area contributed by atoms with E-state index in [1.807, 2.05) is 17.8 Å². The van der Waals surface area contributed by atoms with Crippen molar-refractivity contribution in [1.29, 1.82) is 0 Å². The maximum atomic E-state index is 4.57. The summed E-state index contributed by atoms with van der Waals surface area (Å²) in [6.45, 7) is 0. The maximum absolute atomic E-state index is 4.57. The van der Waals surface area contributed by atoms with Gasteiger partial charge in [-0.2, -0.15) is 5.10 Å².